The van der Waals surface area contributed by atoms with Crippen LogP contribution in [0.3, 0.4) is 0 Å². The molecule has 0 heterocycles. The first-order valence-corrected chi connectivity index (χ1v) is 6.65. The van der Waals surface area contributed by atoms with E-state index >= 15 is 0 Å². The molecule has 5 heteroatoms. The third kappa shape index (κ3) is 6.05. The minimum atomic E-state index is -0.687. The lowest BCUT2D eigenvalue weighted by atomic mass is 9.74. The van der Waals surface area contributed by atoms with Crippen LogP contribution in [-0.2, 0) is 9.59 Å². The Kier molecular flexibility index (Phi) is 5.56. The predicted molar refractivity (Wildman–Crippen MR) is 77.6 cm³/mol. The molecular weight excluding hydrogens is 242 g/mol. The van der Waals surface area contributed by atoms with Crippen molar-refractivity contribution in [2.75, 3.05) is 6.54 Å². The minimum absolute atomic E-state index is 0.0717. The molecule has 0 aliphatic carbocycles. The van der Waals surface area contributed by atoms with Crippen LogP contribution in [0.4, 0.5) is 0 Å². The number of hydrogen-bond donors (Lipinski definition) is 3. The molecule has 0 radical (unpaired) electrons. The largest absolute Gasteiger partial charge is 0.355 e. The second kappa shape index (κ2) is 5.90. The van der Waals surface area contributed by atoms with Crippen LogP contribution in [0.25, 0.3) is 0 Å². The van der Waals surface area contributed by atoms with E-state index in [1.807, 2.05) is 34.6 Å². The summed E-state index contributed by atoms with van der Waals surface area (Å²) in [4.78, 5) is 23.7. The minimum Gasteiger partial charge on any atom is -0.355 e. The van der Waals surface area contributed by atoms with Crippen LogP contribution in [0.15, 0.2) is 0 Å². The van der Waals surface area contributed by atoms with E-state index in [1.165, 1.54) is 0 Å². The van der Waals surface area contributed by atoms with Crippen molar-refractivity contribution in [2.45, 2.75) is 66.0 Å². The molecule has 0 aliphatic heterocycles. The number of carbonyl (C=O) groups excluding carboxylic acids is 2. The number of hydrogen-bond acceptors (Lipinski definition) is 3. The van der Waals surface area contributed by atoms with Gasteiger partial charge < -0.3 is 16.4 Å². The van der Waals surface area contributed by atoms with Crippen molar-refractivity contribution in [3.63, 3.8) is 0 Å². The predicted octanol–water partition coefficient (Wildman–Crippen LogP) is 1.17. The summed E-state index contributed by atoms with van der Waals surface area (Å²) in [6.07, 6.45) is 0.268. The fourth-order valence-corrected chi connectivity index (χ4v) is 1.28. The Morgan fingerprint density at radius 2 is 1.47 bits per heavy atom. The summed E-state index contributed by atoms with van der Waals surface area (Å²) < 4.78 is 0. The summed E-state index contributed by atoms with van der Waals surface area (Å²) in [7, 11) is 0. The van der Waals surface area contributed by atoms with E-state index in [2.05, 4.69) is 10.6 Å². The monoisotopic (exact) mass is 271 g/mol. The van der Waals surface area contributed by atoms with Gasteiger partial charge in [-0.05, 0) is 48.5 Å². The van der Waals surface area contributed by atoms with Crippen LogP contribution in [0.1, 0.15) is 54.9 Å². The first-order chi connectivity index (χ1) is 8.27. The Morgan fingerprint density at radius 3 is 1.84 bits per heavy atom. The summed E-state index contributed by atoms with van der Waals surface area (Å²) in [5.74, 6) is -0.207. The molecule has 0 fully saturated rings. The van der Waals surface area contributed by atoms with Crippen LogP contribution in [0.5, 0.6) is 0 Å². The lowest BCUT2D eigenvalue weighted by Gasteiger charge is -2.36. The maximum Gasteiger partial charge on any atom is 0.227 e. The Labute approximate surface area is 116 Å². The highest BCUT2D eigenvalue weighted by Gasteiger charge is 2.40. The third-order valence-corrected chi connectivity index (χ3v) is 3.33. The Bertz CT molecular complexity index is 336. The highest BCUT2D eigenvalue weighted by atomic mass is 16.2. The van der Waals surface area contributed by atoms with E-state index < -0.39 is 11.0 Å². The quantitative estimate of drug-likeness (QED) is 0.702. The van der Waals surface area contributed by atoms with Crippen molar-refractivity contribution in [1.29, 1.82) is 0 Å². The molecule has 0 bridgehead atoms. The maximum absolute atomic E-state index is 12.1. The number of nitrogens with one attached hydrogen (secondary N) is 2. The molecule has 0 aliphatic rings. The van der Waals surface area contributed by atoms with Crippen molar-refractivity contribution in [3.8, 4) is 0 Å². The molecule has 112 valence electrons. The van der Waals surface area contributed by atoms with Gasteiger partial charge in [0, 0.05) is 24.0 Å². The van der Waals surface area contributed by atoms with Gasteiger partial charge in [-0.2, -0.15) is 0 Å². The van der Waals surface area contributed by atoms with Crippen molar-refractivity contribution < 1.29 is 9.59 Å². The second-order valence-electron chi connectivity index (χ2n) is 7.15. The zero-order chi connectivity index (χ0) is 15.5. The van der Waals surface area contributed by atoms with Crippen molar-refractivity contribution in [2.24, 2.45) is 11.1 Å². The van der Waals surface area contributed by atoms with Crippen LogP contribution in [-0.4, -0.2) is 29.4 Å². The highest BCUT2D eigenvalue weighted by Crippen LogP contribution is 2.28. The second-order valence-corrected chi connectivity index (χ2v) is 7.15. The lowest BCUT2D eigenvalue weighted by Crippen LogP contribution is -2.55. The normalized spacial score (nSPS) is 13.1. The molecule has 19 heavy (non-hydrogen) atoms. The Balaban J connectivity index is 4.23. The van der Waals surface area contributed by atoms with E-state index in [-0.39, 0.29) is 23.8 Å². The molecule has 5 nitrogen and oxygen atoms in total. The van der Waals surface area contributed by atoms with Gasteiger partial charge in [0.05, 0.1) is 5.41 Å². The van der Waals surface area contributed by atoms with Crippen LogP contribution in [0.2, 0.25) is 0 Å². The fraction of sp³-hybridized carbons (Fsp3) is 0.857. The standard InChI is InChI=1S/C14H29N3O2/c1-12(2,3)17-10(18)8-9-16-11(19)13(4,5)14(6,7)15/h8-9,15H2,1-7H3,(H,16,19)(H,17,18). The number of amides is 2. The smallest absolute Gasteiger partial charge is 0.227 e. The zero-order valence-corrected chi connectivity index (χ0v) is 13.3. The van der Waals surface area contributed by atoms with Crippen molar-refractivity contribution >= 4 is 11.8 Å². The van der Waals surface area contributed by atoms with Crippen LogP contribution in [0, 0.1) is 5.41 Å². The SMILES string of the molecule is CC(C)(C)NC(=O)CCNC(=O)C(C)(C)C(C)(C)N. The molecule has 0 unspecified atom stereocenters. The average Bonchev–Trinajstić information content (AvgIpc) is 2.12. The van der Waals surface area contributed by atoms with E-state index in [9.17, 15) is 9.59 Å². The first-order valence-electron chi connectivity index (χ1n) is 6.65. The zero-order valence-electron chi connectivity index (χ0n) is 13.3. The van der Waals surface area contributed by atoms with E-state index in [4.69, 9.17) is 5.73 Å². The van der Waals surface area contributed by atoms with Gasteiger partial charge in [0.1, 0.15) is 0 Å². The number of rotatable bonds is 5. The summed E-state index contributed by atoms with van der Waals surface area (Å²) in [5, 5.41) is 5.61. The van der Waals surface area contributed by atoms with Gasteiger partial charge in [-0.1, -0.05) is 0 Å². The third-order valence-electron chi connectivity index (χ3n) is 3.33. The van der Waals surface area contributed by atoms with Gasteiger partial charge in [-0.3, -0.25) is 9.59 Å². The van der Waals surface area contributed by atoms with Gasteiger partial charge in [0.15, 0.2) is 0 Å². The summed E-state index contributed by atoms with van der Waals surface area (Å²) >= 11 is 0. The van der Waals surface area contributed by atoms with Gasteiger partial charge >= 0.3 is 0 Å². The molecule has 0 atom stereocenters. The van der Waals surface area contributed by atoms with Crippen LogP contribution < -0.4 is 16.4 Å². The van der Waals surface area contributed by atoms with E-state index in [1.54, 1.807) is 13.8 Å². The van der Waals surface area contributed by atoms with E-state index in [0.29, 0.717) is 6.54 Å². The van der Waals surface area contributed by atoms with Gasteiger partial charge in [-0.15, -0.1) is 0 Å². The molecule has 0 saturated carbocycles. The summed E-state index contributed by atoms with van der Waals surface area (Å²) in [6.45, 7) is 13.3. The van der Waals surface area contributed by atoms with Crippen molar-refractivity contribution in [3.05, 3.63) is 0 Å². The molecule has 0 aromatic heterocycles. The molecule has 0 aromatic rings. The molecular formula is C14H29N3O2. The molecule has 2 amide bonds. The highest BCUT2D eigenvalue weighted by molar-refractivity contribution is 5.84. The fourth-order valence-electron chi connectivity index (χ4n) is 1.28. The Hall–Kier alpha value is -1.10. The molecule has 0 rings (SSSR count). The van der Waals surface area contributed by atoms with Gasteiger partial charge in [-0.25, -0.2) is 0 Å². The van der Waals surface area contributed by atoms with Crippen LogP contribution >= 0.6 is 0 Å². The lowest BCUT2D eigenvalue weighted by molar-refractivity contribution is -0.132. The van der Waals surface area contributed by atoms with Gasteiger partial charge in [0.2, 0.25) is 11.8 Å². The molecule has 4 N–H and O–H groups in total. The molecule has 0 aromatic carbocycles. The average molecular weight is 271 g/mol. The number of carbonyl (C=O) groups is 2. The maximum atomic E-state index is 12.1. The van der Waals surface area contributed by atoms with Gasteiger partial charge in [0.25, 0.3) is 0 Å². The number of nitrogens with two attached hydrogens (primary N) is 1. The molecule has 0 saturated heterocycles. The van der Waals surface area contributed by atoms with E-state index in [0.717, 1.165) is 0 Å². The summed E-state index contributed by atoms with van der Waals surface area (Å²) in [6, 6.07) is 0. The molecule has 0 spiro atoms. The Morgan fingerprint density at radius 1 is 1.00 bits per heavy atom. The summed E-state index contributed by atoms with van der Waals surface area (Å²) in [5.41, 5.74) is 4.43. The topological polar surface area (TPSA) is 84.2 Å². The van der Waals surface area contributed by atoms with Crippen molar-refractivity contribution in [1.82, 2.24) is 10.6 Å². The first kappa shape index (κ1) is 17.9.